The van der Waals surface area contributed by atoms with Gasteiger partial charge < -0.3 is 10.0 Å². The van der Waals surface area contributed by atoms with E-state index in [1.165, 1.54) is 31.4 Å². The smallest absolute Gasteiger partial charge is 0.0434 e. The minimum absolute atomic E-state index is 0.345. The molecule has 1 aliphatic carbocycles. The molecule has 1 saturated carbocycles. The molecule has 1 aromatic carbocycles. The van der Waals surface area contributed by atoms with Gasteiger partial charge in [-0.15, -0.1) is 0 Å². The van der Waals surface area contributed by atoms with Gasteiger partial charge >= 0.3 is 0 Å². The van der Waals surface area contributed by atoms with Crippen LogP contribution in [0.1, 0.15) is 37.2 Å². The summed E-state index contributed by atoms with van der Waals surface area (Å²) in [5.41, 5.74) is 1.52. The maximum Gasteiger partial charge on any atom is 0.0434 e. The summed E-state index contributed by atoms with van der Waals surface area (Å²) < 4.78 is 0. The lowest BCUT2D eigenvalue weighted by Gasteiger charge is -2.42. The third-order valence-corrected chi connectivity index (χ3v) is 5.34. The van der Waals surface area contributed by atoms with Gasteiger partial charge in [0.25, 0.3) is 0 Å². The van der Waals surface area contributed by atoms with Crippen LogP contribution in [0.4, 0.5) is 0 Å². The summed E-state index contributed by atoms with van der Waals surface area (Å²) >= 11 is 0. The van der Waals surface area contributed by atoms with E-state index in [1.54, 1.807) is 0 Å². The number of hydrogen-bond acceptors (Lipinski definition) is 2. The zero-order valence-electron chi connectivity index (χ0n) is 11.8. The molecule has 1 saturated heterocycles. The first kappa shape index (κ1) is 13.1. The van der Waals surface area contributed by atoms with Crippen LogP contribution in [0.5, 0.6) is 0 Å². The van der Waals surface area contributed by atoms with E-state index in [2.05, 4.69) is 42.3 Å². The van der Waals surface area contributed by atoms with E-state index in [0.29, 0.717) is 18.6 Å². The Labute approximate surface area is 116 Å². The predicted molar refractivity (Wildman–Crippen MR) is 78.1 cm³/mol. The molecule has 2 heteroatoms. The number of aliphatic hydroxyl groups is 1. The molecule has 0 spiro atoms. The van der Waals surface area contributed by atoms with Crippen molar-refractivity contribution in [3.05, 3.63) is 35.9 Å². The highest BCUT2D eigenvalue weighted by Gasteiger charge is 2.44. The molecule has 4 unspecified atom stereocenters. The second kappa shape index (κ2) is 5.64. The van der Waals surface area contributed by atoms with E-state index < -0.39 is 0 Å². The molecule has 1 aliphatic heterocycles. The van der Waals surface area contributed by atoms with Crippen molar-refractivity contribution < 1.29 is 5.11 Å². The van der Waals surface area contributed by atoms with Gasteiger partial charge in [0.1, 0.15) is 0 Å². The van der Waals surface area contributed by atoms with Crippen LogP contribution in [0.25, 0.3) is 0 Å². The van der Waals surface area contributed by atoms with E-state index in [-0.39, 0.29) is 0 Å². The largest absolute Gasteiger partial charge is 0.396 e. The van der Waals surface area contributed by atoms with Crippen LogP contribution in [0.2, 0.25) is 0 Å². The van der Waals surface area contributed by atoms with E-state index in [1.807, 2.05) is 0 Å². The van der Waals surface area contributed by atoms with Gasteiger partial charge in [-0.3, -0.25) is 0 Å². The summed E-state index contributed by atoms with van der Waals surface area (Å²) in [4.78, 5) is 2.54. The molecule has 2 nitrogen and oxygen atoms in total. The Morgan fingerprint density at radius 3 is 2.68 bits per heavy atom. The standard InChI is InChI=1S/C17H25NO/c1-18-11-9-16-15(13-5-3-2-4-6-13)8-7-14(10-12-19)17(16)18/h2-6,14-17,19H,7-12H2,1H3. The van der Waals surface area contributed by atoms with Crippen molar-refractivity contribution in [1.29, 1.82) is 0 Å². The Bertz CT molecular complexity index is 405. The Kier molecular flexibility index (Phi) is 3.90. The van der Waals surface area contributed by atoms with E-state index in [9.17, 15) is 5.11 Å². The van der Waals surface area contributed by atoms with Crippen LogP contribution in [0, 0.1) is 11.8 Å². The van der Waals surface area contributed by atoms with Crippen LogP contribution in [-0.2, 0) is 0 Å². The van der Waals surface area contributed by atoms with Gasteiger partial charge in [0, 0.05) is 12.6 Å². The Morgan fingerprint density at radius 2 is 1.95 bits per heavy atom. The number of aliphatic hydroxyl groups excluding tert-OH is 1. The van der Waals surface area contributed by atoms with E-state index >= 15 is 0 Å². The molecule has 1 aromatic rings. The van der Waals surface area contributed by atoms with Crippen molar-refractivity contribution in [1.82, 2.24) is 4.90 Å². The summed E-state index contributed by atoms with van der Waals surface area (Å²) in [5, 5.41) is 9.29. The normalized spacial score (nSPS) is 35.3. The molecule has 19 heavy (non-hydrogen) atoms. The van der Waals surface area contributed by atoms with Crippen molar-refractivity contribution in [2.75, 3.05) is 20.2 Å². The van der Waals surface area contributed by atoms with Gasteiger partial charge in [-0.05, 0) is 62.6 Å². The summed E-state index contributed by atoms with van der Waals surface area (Å²) in [6, 6.07) is 11.7. The van der Waals surface area contributed by atoms with Gasteiger partial charge in [-0.2, -0.15) is 0 Å². The van der Waals surface area contributed by atoms with Gasteiger partial charge in [-0.25, -0.2) is 0 Å². The van der Waals surface area contributed by atoms with Crippen LogP contribution < -0.4 is 0 Å². The Hall–Kier alpha value is -0.860. The maximum atomic E-state index is 9.29. The van der Waals surface area contributed by atoms with Gasteiger partial charge in [0.15, 0.2) is 0 Å². The van der Waals surface area contributed by atoms with Gasteiger partial charge in [-0.1, -0.05) is 30.3 Å². The zero-order chi connectivity index (χ0) is 13.2. The SMILES string of the molecule is CN1CCC2C(c3ccccc3)CCC(CCO)C21. The lowest BCUT2D eigenvalue weighted by molar-refractivity contribution is 0.101. The van der Waals surface area contributed by atoms with Gasteiger partial charge in [0.2, 0.25) is 0 Å². The molecule has 104 valence electrons. The van der Waals surface area contributed by atoms with Crippen LogP contribution in [0.3, 0.4) is 0 Å². The molecule has 0 bridgehead atoms. The molecule has 0 aromatic heterocycles. The summed E-state index contributed by atoms with van der Waals surface area (Å²) in [6.07, 6.45) is 4.87. The highest BCUT2D eigenvalue weighted by atomic mass is 16.3. The van der Waals surface area contributed by atoms with Crippen LogP contribution in [0.15, 0.2) is 30.3 Å². The Balaban J connectivity index is 1.83. The third-order valence-electron chi connectivity index (χ3n) is 5.34. The first-order valence-electron chi connectivity index (χ1n) is 7.67. The molecule has 3 rings (SSSR count). The lowest BCUT2D eigenvalue weighted by atomic mass is 9.67. The molecule has 1 N–H and O–H groups in total. The summed E-state index contributed by atoms with van der Waals surface area (Å²) in [5.74, 6) is 2.21. The van der Waals surface area contributed by atoms with E-state index in [0.717, 1.165) is 18.3 Å². The minimum atomic E-state index is 0.345. The number of hydrogen-bond donors (Lipinski definition) is 1. The number of fused-ring (bicyclic) bond motifs is 1. The molecule has 4 atom stereocenters. The molecular formula is C17H25NO. The molecular weight excluding hydrogens is 234 g/mol. The number of nitrogens with zero attached hydrogens (tertiary/aromatic N) is 1. The fourth-order valence-corrected chi connectivity index (χ4v) is 4.52. The van der Waals surface area contributed by atoms with Gasteiger partial charge in [0.05, 0.1) is 0 Å². The average Bonchev–Trinajstić information content (AvgIpc) is 2.83. The predicted octanol–water partition coefficient (Wildman–Crippen LogP) is 2.88. The van der Waals surface area contributed by atoms with Crippen molar-refractivity contribution in [3.8, 4) is 0 Å². The zero-order valence-corrected chi connectivity index (χ0v) is 11.8. The molecule has 2 fully saturated rings. The molecule has 0 radical (unpaired) electrons. The van der Waals surface area contributed by atoms with E-state index in [4.69, 9.17) is 0 Å². The summed E-state index contributed by atoms with van der Waals surface area (Å²) in [6.45, 7) is 1.57. The number of rotatable bonds is 3. The maximum absolute atomic E-state index is 9.29. The van der Waals surface area contributed by atoms with Crippen molar-refractivity contribution in [2.24, 2.45) is 11.8 Å². The molecule has 0 amide bonds. The highest BCUT2D eigenvalue weighted by molar-refractivity contribution is 5.22. The first-order chi connectivity index (χ1) is 9.31. The third kappa shape index (κ3) is 2.44. The highest BCUT2D eigenvalue weighted by Crippen LogP contribution is 2.47. The summed E-state index contributed by atoms with van der Waals surface area (Å²) in [7, 11) is 2.27. The second-order valence-electron chi connectivity index (χ2n) is 6.29. The second-order valence-corrected chi connectivity index (χ2v) is 6.29. The van der Waals surface area contributed by atoms with Crippen LogP contribution in [-0.4, -0.2) is 36.2 Å². The molecule has 2 aliphatic rings. The quantitative estimate of drug-likeness (QED) is 0.902. The van der Waals surface area contributed by atoms with Crippen LogP contribution >= 0.6 is 0 Å². The van der Waals surface area contributed by atoms with Crippen molar-refractivity contribution in [2.45, 2.75) is 37.6 Å². The number of benzene rings is 1. The first-order valence-corrected chi connectivity index (χ1v) is 7.67. The lowest BCUT2D eigenvalue weighted by Crippen LogP contribution is -2.42. The van der Waals surface area contributed by atoms with Crippen molar-refractivity contribution >= 4 is 0 Å². The number of likely N-dealkylation sites (tertiary alicyclic amines) is 1. The monoisotopic (exact) mass is 259 g/mol. The molecule has 1 heterocycles. The fraction of sp³-hybridized carbons (Fsp3) is 0.647. The Morgan fingerprint density at radius 1 is 1.16 bits per heavy atom. The minimum Gasteiger partial charge on any atom is -0.396 e. The fourth-order valence-electron chi connectivity index (χ4n) is 4.52. The topological polar surface area (TPSA) is 23.5 Å². The average molecular weight is 259 g/mol. The van der Waals surface area contributed by atoms with Crippen molar-refractivity contribution in [3.63, 3.8) is 0 Å².